The molecule has 0 aromatic heterocycles. The Balaban J connectivity index is 2.25. The van der Waals surface area contributed by atoms with Gasteiger partial charge in [0, 0.05) is 6.08 Å². The Morgan fingerprint density at radius 1 is 1.00 bits per heavy atom. The first-order chi connectivity index (χ1) is 12.2. The summed E-state index contributed by atoms with van der Waals surface area (Å²) in [5.41, 5.74) is 2.06. The number of aryl methyl sites for hydroxylation is 1. The van der Waals surface area contributed by atoms with Gasteiger partial charge in [0.25, 0.3) is 0 Å². The third-order valence-electron chi connectivity index (χ3n) is 4.53. The molecule has 0 atom stereocenters. The fourth-order valence-electron chi connectivity index (χ4n) is 3.04. The zero-order chi connectivity index (χ0) is 18.3. The van der Waals surface area contributed by atoms with Gasteiger partial charge < -0.3 is 9.84 Å². The highest BCUT2D eigenvalue weighted by Gasteiger charge is 2.04. The third-order valence-corrected chi connectivity index (χ3v) is 4.53. The van der Waals surface area contributed by atoms with Gasteiger partial charge in [-0.3, -0.25) is 0 Å². The van der Waals surface area contributed by atoms with E-state index in [-0.39, 0.29) is 0 Å². The van der Waals surface area contributed by atoms with E-state index in [4.69, 9.17) is 9.84 Å². The molecule has 1 rings (SSSR count). The molecule has 0 saturated carbocycles. The fourth-order valence-corrected chi connectivity index (χ4v) is 3.04. The van der Waals surface area contributed by atoms with Gasteiger partial charge in [-0.25, -0.2) is 4.79 Å². The Labute approximate surface area is 153 Å². The van der Waals surface area contributed by atoms with E-state index in [9.17, 15) is 4.79 Å². The zero-order valence-electron chi connectivity index (χ0n) is 15.9. The highest BCUT2D eigenvalue weighted by atomic mass is 16.5. The molecule has 3 nitrogen and oxygen atoms in total. The van der Waals surface area contributed by atoms with Crippen LogP contribution >= 0.6 is 0 Å². The molecule has 140 valence electrons. The van der Waals surface area contributed by atoms with Crippen molar-refractivity contribution in [1.82, 2.24) is 0 Å². The molecule has 0 unspecified atom stereocenters. The summed E-state index contributed by atoms with van der Waals surface area (Å²) in [6, 6.07) is 5.91. The van der Waals surface area contributed by atoms with Crippen LogP contribution in [0.1, 0.15) is 82.3 Å². The quantitative estimate of drug-likeness (QED) is 0.319. The second-order valence-electron chi connectivity index (χ2n) is 6.67. The summed E-state index contributed by atoms with van der Waals surface area (Å²) < 4.78 is 5.45. The lowest BCUT2D eigenvalue weighted by molar-refractivity contribution is -0.131. The van der Waals surface area contributed by atoms with Crippen LogP contribution in [0.4, 0.5) is 0 Å². The van der Waals surface area contributed by atoms with Gasteiger partial charge in [-0.2, -0.15) is 0 Å². The molecule has 0 aliphatic rings. The highest BCUT2D eigenvalue weighted by Crippen LogP contribution is 2.23. The summed E-state index contributed by atoms with van der Waals surface area (Å²) in [7, 11) is 1.67. The van der Waals surface area contributed by atoms with E-state index >= 15 is 0 Å². The molecule has 0 amide bonds. The summed E-state index contributed by atoms with van der Waals surface area (Å²) in [6.45, 7) is 2.26. The number of benzene rings is 1. The Morgan fingerprint density at radius 2 is 1.60 bits per heavy atom. The van der Waals surface area contributed by atoms with Crippen molar-refractivity contribution >= 4 is 12.0 Å². The van der Waals surface area contributed by atoms with Crippen LogP contribution in [-0.2, 0) is 11.2 Å². The van der Waals surface area contributed by atoms with Gasteiger partial charge in [0.1, 0.15) is 5.75 Å². The topological polar surface area (TPSA) is 46.5 Å². The number of methoxy groups -OCH3 is 1. The van der Waals surface area contributed by atoms with Crippen LogP contribution < -0.4 is 4.74 Å². The summed E-state index contributed by atoms with van der Waals surface area (Å²) in [6.07, 6.45) is 17.1. The summed E-state index contributed by atoms with van der Waals surface area (Å²) in [5, 5.41) is 8.70. The molecule has 0 radical (unpaired) electrons. The van der Waals surface area contributed by atoms with Crippen LogP contribution in [0.25, 0.3) is 6.08 Å². The van der Waals surface area contributed by atoms with Crippen LogP contribution in [-0.4, -0.2) is 18.2 Å². The van der Waals surface area contributed by atoms with E-state index in [2.05, 4.69) is 6.92 Å². The Hall–Kier alpha value is -1.77. The predicted octanol–water partition coefficient (Wildman–Crippen LogP) is 6.26. The molecule has 25 heavy (non-hydrogen) atoms. The molecule has 1 aromatic carbocycles. The molecule has 0 fully saturated rings. The van der Waals surface area contributed by atoms with Gasteiger partial charge >= 0.3 is 5.97 Å². The molecule has 0 bridgehead atoms. The minimum absolute atomic E-state index is 0.850. The van der Waals surface area contributed by atoms with Crippen LogP contribution in [0, 0.1) is 0 Å². The fraction of sp³-hybridized carbons (Fsp3) is 0.591. The van der Waals surface area contributed by atoms with Crippen molar-refractivity contribution in [2.75, 3.05) is 7.11 Å². The van der Waals surface area contributed by atoms with Gasteiger partial charge in [0.2, 0.25) is 0 Å². The second-order valence-corrected chi connectivity index (χ2v) is 6.67. The molecule has 0 saturated heterocycles. The van der Waals surface area contributed by atoms with E-state index < -0.39 is 5.97 Å². The first-order valence-electron chi connectivity index (χ1n) is 9.75. The van der Waals surface area contributed by atoms with Crippen molar-refractivity contribution in [2.24, 2.45) is 0 Å². The Kier molecular flexibility index (Phi) is 11.5. The van der Waals surface area contributed by atoms with Crippen molar-refractivity contribution in [3.8, 4) is 5.75 Å². The average Bonchev–Trinajstić information content (AvgIpc) is 2.62. The van der Waals surface area contributed by atoms with Gasteiger partial charge in [-0.05, 0) is 36.1 Å². The predicted molar refractivity (Wildman–Crippen MR) is 105 cm³/mol. The summed E-state index contributed by atoms with van der Waals surface area (Å²) in [4.78, 5) is 10.6. The van der Waals surface area contributed by atoms with Crippen LogP contribution in [0.2, 0.25) is 0 Å². The van der Waals surface area contributed by atoms with E-state index in [1.807, 2.05) is 18.2 Å². The largest absolute Gasteiger partial charge is 0.496 e. The van der Waals surface area contributed by atoms with Crippen molar-refractivity contribution in [1.29, 1.82) is 0 Å². The average molecular weight is 347 g/mol. The first kappa shape index (κ1) is 21.3. The number of carboxylic acid groups (broad SMARTS) is 1. The van der Waals surface area contributed by atoms with Crippen LogP contribution in [0.5, 0.6) is 5.75 Å². The van der Waals surface area contributed by atoms with Gasteiger partial charge in [0.15, 0.2) is 0 Å². The number of hydrogen-bond donors (Lipinski definition) is 1. The number of unbranched alkanes of at least 4 members (excludes halogenated alkanes) is 9. The molecule has 0 aliphatic heterocycles. The SMILES string of the molecule is CCCCCCCCCCCCc1ccc(C=CC(=O)O)cc1OC. The maximum atomic E-state index is 10.6. The molecule has 0 heterocycles. The van der Waals surface area contributed by atoms with Crippen molar-refractivity contribution in [3.63, 3.8) is 0 Å². The highest BCUT2D eigenvalue weighted by molar-refractivity contribution is 5.85. The van der Waals surface area contributed by atoms with E-state index in [1.165, 1.54) is 69.8 Å². The number of ether oxygens (including phenoxy) is 1. The monoisotopic (exact) mass is 346 g/mol. The third kappa shape index (κ3) is 9.96. The minimum Gasteiger partial charge on any atom is -0.496 e. The van der Waals surface area contributed by atoms with E-state index in [0.717, 1.165) is 23.8 Å². The van der Waals surface area contributed by atoms with E-state index in [0.29, 0.717) is 0 Å². The van der Waals surface area contributed by atoms with E-state index in [1.54, 1.807) is 13.2 Å². The van der Waals surface area contributed by atoms with Crippen LogP contribution in [0.3, 0.4) is 0 Å². The summed E-state index contributed by atoms with van der Waals surface area (Å²) in [5.74, 6) is -0.0862. The minimum atomic E-state index is -0.937. The number of rotatable bonds is 14. The molecule has 0 spiro atoms. The van der Waals surface area contributed by atoms with Crippen LogP contribution in [0.15, 0.2) is 24.3 Å². The number of carboxylic acids is 1. The lowest BCUT2D eigenvalue weighted by Crippen LogP contribution is -1.94. The smallest absolute Gasteiger partial charge is 0.328 e. The second kappa shape index (κ2) is 13.5. The van der Waals surface area contributed by atoms with Crippen molar-refractivity contribution < 1.29 is 14.6 Å². The Bertz CT molecular complexity index is 520. The first-order valence-corrected chi connectivity index (χ1v) is 9.75. The molecular weight excluding hydrogens is 312 g/mol. The lowest BCUT2D eigenvalue weighted by Gasteiger charge is -2.09. The Morgan fingerprint density at radius 3 is 2.16 bits per heavy atom. The van der Waals surface area contributed by atoms with Gasteiger partial charge in [-0.15, -0.1) is 0 Å². The molecule has 0 aliphatic carbocycles. The molecular formula is C22H34O3. The lowest BCUT2D eigenvalue weighted by atomic mass is 10.0. The van der Waals surface area contributed by atoms with Gasteiger partial charge in [0.05, 0.1) is 7.11 Å². The number of carbonyl (C=O) groups is 1. The number of hydrogen-bond acceptors (Lipinski definition) is 2. The maximum Gasteiger partial charge on any atom is 0.328 e. The van der Waals surface area contributed by atoms with Crippen molar-refractivity contribution in [3.05, 3.63) is 35.4 Å². The normalized spacial score (nSPS) is 11.1. The molecule has 1 aromatic rings. The molecule has 1 N–H and O–H groups in total. The summed E-state index contributed by atoms with van der Waals surface area (Å²) >= 11 is 0. The maximum absolute atomic E-state index is 10.6. The standard InChI is InChI=1S/C22H34O3/c1-3-4-5-6-7-8-9-10-11-12-13-20-16-14-19(15-17-22(23)24)18-21(20)25-2/h14-18H,3-13H2,1-2H3,(H,23,24). The zero-order valence-corrected chi connectivity index (χ0v) is 15.9. The van der Waals surface area contributed by atoms with Crippen molar-refractivity contribution in [2.45, 2.75) is 77.6 Å². The molecule has 3 heteroatoms. The van der Waals surface area contributed by atoms with Gasteiger partial charge in [-0.1, -0.05) is 76.8 Å². The number of aliphatic carboxylic acids is 1.